The van der Waals surface area contributed by atoms with Crippen molar-refractivity contribution >= 4 is 17.2 Å². The summed E-state index contributed by atoms with van der Waals surface area (Å²) in [7, 11) is 0. The largest absolute Gasteiger partial charge is 0.356 e. The lowest BCUT2D eigenvalue weighted by molar-refractivity contribution is -0.122. The van der Waals surface area contributed by atoms with Gasteiger partial charge in [0.05, 0.1) is 0 Å². The molecule has 0 saturated heterocycles. The molecule has 1 fully saturated rings. The normalized spacial score (nSPS) is 16.9. The van der Waals surface area contributed by atoms with Crippen molar-refractivity contribution in [3.63, 3.8) is 0 Å². The van der Waals surface area contributed by atoms with Gasteiger partial charge in [-0.3, -0.25) is 4.79 Å². The molecule has 94 valence electrons. The molecule has 3 heteroatoms. The second kappa shape index (κ2) is 6.80. The molecule has 1 aromatic rings. The van der Waals surface area contributed by atoms with Crippen molar-refractivity contribution in [1.82, 2.24) is 5.32 Å². The Morgan fingerprint density at radius 3 is 2.88 bits per heavy atom. The molecule has 1 aliphatic rings. The maximum Gasteiger partial charge on any atom is 0.220 e. The number of amides is 1. The van der Waals surface area contributed by atoms with E-state index in [0.29, 0.717) is 5.92 Å². The Hall–Kier alpha value is -0.830. The van der Waals surface area contributed by atoms with Crippen LogP contribution in [0.1, 0.15) is 43.4 Å². The van der Waals surface area contributed by atoms with Crippen LogP contribution in [0.2, 0.25) is 0 Å². The lowest BCUT2D eigenvalue weighted by atomic mass is 9.87. The van der Waals surface area contributed by atoms with Crippen molar-refractivity contribution in [1.29, 1.82) is 0 Å². The van der Waals surface area contributed by atoms with E-state index in [2.05, 4.69) is 22.8 Å². The zero-order valence-electron chi connectivity index (χ0n) is 10.3. The summed E-state index contributed by atoms with van der Waals surface area (Å²) >= 11 is 1.76. The molecule has 2 nitrogen and oxygen atoms in total. The van der Waals surface area contributed by atoms with Gasteiger partial charge in [-0.05, 0) is 36.6 Å². The number of nitrogens with one attached hydrogen (secondary N) is 1. The highest BCUT2D eigenvalue weighted by molar-refractivity contribution is 7.09. The molecule has 1 amide bonds. The lowest BCUT2D eigenvalue weighted by Gasteiger charge is -2.20. The monoisotopic (exact) mass is 251 g/mol. The summed E-state index contributed by atoms with van der Waals surface area (Å²) in [6.45, 7) is 0.784. The smallest absolute Gasteiger partial charge is 0.220 e. The summed E-state index contributed by atoms with van der Waals surface area (Å²) in [6.07, 6.45) is 8.19. The van der Waals surface area contributed by atoms with Gasteiger partial charge in [-0.25, -0.2) is 0 Å². The van der Waals surface area contributed by atoms with Crippen LogP contribution in [-0.2, 0) is 11.2 Å². The quantitative estimate of drug-likeness (QED) is 0.854. The first-order valence-corrected chi connectivity index (χ1v) is 7.51. The molecule has 0 spiro atoms. The molecule has 1 saturated carbocycles. The summed E-state index contributed by atoms with van der Waals surface area (Å²) in [6, 6.07) is 4.18. The van der Waals surface area contributed by atoms with Crippen molar-refractivity contribution in [3.05, 3.63) is 22.4 Å². The summed E-state index contributed by atoms with van der Waals surface area (Å²) in [5.41, 5.74) is 0. The predicted molar refractivity (Wildman–Crippen MR) is 72.2 cm³/mol. The molecule has 1 aromatic heterocycles. The van der Waals surface area contributed by atoms with Crippen LogP contribution in [0, 0.1) is 5.92 Å². The maximum atomic E-state index is 11.7. The maximum absolute atomic E-state index is 11.7. The van der Waals surface area contributed by atoms with Gasteiger partial charge in [-0.15, -0.1) is 11.3 Å². The molecule has 0 aliphatic heterocycles. The second-order valence-electron chi connectivity index (χ2n) is 4.89. The lowest BCUT2D eigenvalue weighted by Crippen LogP contribution is -2.28. The van der Waals surface area contributed by atoms with Gasteiger partial charge in [0, 0.05) is 17.8 Å². The fraction of sp³-hybridized carbons (Fsp3) is 0.643. The third-order valence-electron chi connectivity index (χ3n) is 3.47. The molecular weight excluding hydrogens is 230 g/mol. The highest BCUT2D eigenvalue weighted by atomic mass is 32.1. The minimum Gasteiger partial charge on any atom is -0.356 e. The Morgan fingerprint density at radius 2 is 2.18 bits per heavy atom. The number of hydrogen-bond acceptors (Lipinski definition) is 2. The SMILES string of the molecule is O=C(CC1CCCCC1)NCCc1cccs1. The van der Waals surface area contributed by atoms with Crippen LogP contribution in [0.5, 0.6) is 0 Å². The molecule has 0 aromatic carbocycles. The van der Waals surface area contributed by atoms with E-state index in [1.807, 2.05) is 0 Å². The Labute approximate surface area is 107 Å². The molecule has 17 heavy (non-hydrogen) atoms. The molecule has 1 heterocycles. The number of carbonyl (C=O) groups excluding carboxylic acids is 1. The fourth-order valence-electron chi connectivity index (χ4n) is 2.51. The predicted octanol–water partition coefficient (Wildman–Crippen LogP) is 3.38. The molecular formula is C14H21NOS. The molecule has 2 rings (SSSR count). The molecule has 0 atom stereocenters. The Balaban J connectivity index is 1.60. The Morgan fingerprint density at radius 1 is 1.35 bits per heavy atom. The van der Waals surface area contributed by atoms with E-state index in [0.717, 1.165) is 19.4 Å². The van der Waals surface area contributed by atoms with Crippen molar-refractivity contribution in [3.8, 4) is 0 Å². The van der Waals surface area contributed by atoms with Gasteiger partial charge in [0.15, 0.2) is 0 Å². The number of hydrogen-bond donors (Lipinski definition) is 1. The van der Waals surface area contributed by atoms with Crippen molar-refractivity contribution in [2.45, 2.75) is 44.9 Å². The summed E-state index contributed by atoms with van der Waals surface area (Å²) < 4.78 is 0. The standard InChI is InChI=1S/C14H21NOS/c16-14(11-12-5-2-1-3-6-12)15-9-8-13-7-4-10-17-13/h4,7,10,12H,1-3,5-6,8-9,11H2,(H,15,16). The molecule has 0 bridgehead atoms. The first-order chi connectivity index (χ1) is 8.34. The number of rotatable bonds is 5. The third-order valence-corrected chi connectivity index (χ3v) is 4.41. The van der Waals surface area contributed by atoms with E-state index >= 15 is 0 Å². The van der Waals surface area contributed by atoms with E-state index in [9.17, 15) is 4.79 Å². The molecule has 0 unspecified atom stereocenters. The van der Waals surface area contributed by atoms with E-state index in [4.69, 9.17) is 0 Å². The second-order valence-corrected chi connectivity index (χ2v) is 5.92. The molecule has 0 radical (unpaired) electrons. The van der Waals surface area contributed by atoms with Crippen LogP contribution in [0.3, 0.4) is 0 Å². The van der Waals surface area contributed by atoms with Gasteiger partial charge in [0.25, 0.3) is 0 Å². The van der Waals surface area contributed by atoms with E-state index in [1.165, 1.54) is 37.0 Å². The van der Waals surface area contributed by atoms with Crippen LogP contribution in [0.4, 0.5) is 0 Å². The topological polar surface area (TPSA) is 29.1 Å². The first kappa shape index (κ1) is 12.6. The van der Waals surface area contributed by atoms with Crippen LogP contribution < -0.4 is 5.32 Å². The van der Waals surface area contributed by atoms with Crippen molar-refractivity contribution < 1.29 is 4.79 Å². The molecule has 1 N–H and O–H groups in total. The number of carbonyl (C=O) groups is 1. The van der Waals surface area contributed by atoms with Gasteiger partial charge in [-0.2, -0.15) is 0 Å². The summed E-state index contributed by atoms with van der Waals surface area (Å²) in [4.78, 5) is 13.1. The minimum atomic E-state index is 0.244. The van der Waals surface area contributed by atoms with E-state index in [1.54, 1.807) is 11.3 Å². The number of thiophene rings is 1. The fourth-order valence-corrected chi connectivity index (χ4v) is 3.21. The van der Waals surface area contributed by atoms with Crippen molar-refractivity contribution in [2.24, 2.45) is 5.92 Å². The Kier molecular flexibility index (Phi) is 5.05. The van der Waals surface area contributed by atoms with Gasteiger partial charge >= 0.3 is 0 Å². The highest BCUT2D eigenvalue weighted by Crippen LogP contribution is 2.25. The zero-order chi connectivity index (χ0) is 11.9. The van der Waals surface area contributed by atoms with Crippen molar-refractivity contribution in [2.75, 3.05) is 6.54 Å². The minimum absolute atomic E-state index is 0.244. The van der Waals surface area contributed by atoms with Gasteiger partial charge in [0.1, 0.15) is 0 Å². The van der Waals surface area contributed by atoms with E-state index < -0.39 is 0 Å². The van der Waals surface area contributed by atoms with E-state index in [-0.39, 0.29) is 5.91 Å². The van der Waals surface area contributed by atoms with Gasteiger partial charge in [-0.1, -0.05) is 25.3 Å². The van der Waals surface area contributed by atoms with Crippen LogP contribution in [0.15, 0.2) is 17.5 Å². The van der Waals surface area contributed by atoms with Gasteiger partial charge in [0.2, 0.25) is 5.91 Å². The Bertz CT molecular complexity index is 328. The van der Waals surface area contributed by atoms with Crippen LogP contribution in [0.25, 0.3) is 0 Å². The molecule has 1 aliphatic carbocycles. The average molecular weight is 251 g/mol. The first-order valence-electron chi connectivity index (χ1n) is 6.63. The van der Waals surface area contributed by atoms with Gasteiger partial charge < -0.3 is 5.32 Å². The zero-order valence-corrected chi connectivity index (χ0v) is 11.1. The third kappa shape index (κ3) is 4.50. The summed E-state index contributed by atoms with van der Waals surface area (Å²) in [5.74, 6) is 0.888. The van der Waals surface area contributed by atoms with Crippen LogP contribution in [-0.4, -0.2) is 12.5 Å². The highest BCUT2D eigenvalue weighted by Gasteiger charge is 2.16. The average Bonchev–Trinajstić information content (AvgIpc) is 2.83. The van der Waals surface area contributed by atoms with Crippen LogP contribution >= 0.6 is 11.3 Å². The summed E-state index contributed by atoms with van der Waals surface area (Å²) in [5, 5.41) is 5.12.